The summed E-state index contributed by atoms with van der Waals surface area (Å²) in [4.78, 5) is -5.60. The number of benzene rings is 2. The maximum atomic E-state index is 11.9. The van der Waals surface area contributed by atoms with Gasteiger partial charge in [-0.25, -0.2) is 33.7 Å². The van der Waals surface area contributed by atoms with Crippen molar-refractivity contribution in [1.29, 1.82) is 0 Å². The molecule has 2 aromatic rings. The predicted octanol–water partition coefficient (Wildman–Crippen LogP) is -11.5. The Balaban J connectivity index is -0.00000306. The smallest absolute Gasteiger partial charge is 0.744 e. The van der Waals surface area contributed by atoms with Crippen LogP contribution in [0.1, 0.15) is 0 Å². The van der Waals surface area contributed by atoms with Crippen LogP contribution in [0.4, 0.5) is 0 Å². The number of halogens is 2. The molecule has 190 valence electrons. The predicted molar refractivity (Wildman–Crippen MR) is 112 cm³/mol. The van der Waals surface area contributed by atoms with E-state index in [0.717, 1.165) is 14.2 Å². The van der Waals surface area contributed by atoms with Crippen LogP contribution in [0.25, 0.3) is 11.1 Å². The Morgan fingerprint density at radius 1 is 0.553 bits per heavy atom. The molecule has 0 aliphatic rings. The second kappa shape index (κ2) is 16.1. The first kappa shape index (κ1) is 45.1. The number of ether oxygens (including phenoxy) is 2. The molecule has 0 radical (unpaired) electrons. The molecule has 0 unspecified atom stereocenters. The van der Waals surface area contributed by atoms with Gasteiger partial charge in [0, 0.05) is 11.1 Å². The Hall–Kier alpha value is 2.64. The van der Waals surface area contributed by atoms with E-state index in [1.54, 1.807) is 0 Å². The molecule has 0 bridgehead atoms. The van der Waals surface area contributed by atoms with E-state index in [-0.39, 0.29) is 118 Å². The molecule has 0 fully saturated rings. The van der Waals surface area contributed by atoms with E-state index in [1.165, 1.54) is 0 Å². The van der Waals surface area contributed by atoms with Crippen LogP contribution >= 0.6 is 31.9 Å². The average molecular weight is 780 g/mol. The Bertz CT molecular complexity index is 1520. The molecule has 24 heteroatoms. The van der Waals surface area contributed by atoms with Crippen molar-refractivity contribution in [3.05, 3.63) is 21.1 Å². The van der Waals surface area contributed by atoms with Crippen molar-refractivity contribution in [1.82, 2.24) is 0 Å². The normalized spacial score (nSPS) is 11.7. The third-order valence-corrected chi connectivity index (χ3v) is 10.2. The van der Waals surface area contributed by atoms with Crippen LogP contribution in [-0.2, 0) is 40.5 Å². The van der Waals surface area contributed by atoms with Crippen LogP contribution in [0.3, 0.4) is 0 Å². The molecule has 0 atom stereocenters. The fourth-order valence-corrected chi connectivity index (χ4v) is 8.57. The number of rotatable bonds is 7. The van der Waals surface area contributed by atoms with E-state index in [2.05, 4.69) is 31.9 Å². The maximum Gasteiger partial charge on any atom is 1.00 e. The van der Waals surface area contributed by atoms with E-state index in [9.17, 15) is 51.9 Å². The molecule has 14 nitrogen and oxygen atoms in total. The molecule has 0 aliphatic carbocycles. The molecular formula is C14H8Br2Na4O14S4. The van der Waals surface area contributed by atoms with Gasteiger partial charge in [-0.15, -0.1) is 0 Å². The average Bonchev–Trinajstić information content (AvgIpc) is 2.62. The third kappa shape index (κ3) is 9.83. The van der Waals surface area contributed by atoms with Crippen molar-refractivity contribution in [2.45, 2.75) is 19.6 Å². The maximum absolute atomic E-state index is 11.9. The van der Waals surface area contributed by atoms with Gasteiger partial charge in [0.25, 0.3) is 0 Å². The van der Waals surface area contributed by atoms with Gasteiger partial charge in [0.2, 0.25) is 0 Å². The topological polar surface area (TPSA) is 247 Å². The number of hydrogen-bond donors (Lipinski definition) is 0. The summed E-state index contributed by atoms with van der Waals surface area (Å²) in [5, 5.41) is 0. The first-order valence-corrected chi connectivity index (χ1v) is 15.0. The van der Waals surface area contributed by atoms with E-state index in [0.29, 0.717) is 12.1 Å². The second-order valence-corrected chi connectivity index (χ2v) is 12.9. The largest absolute Gasteiger partial charge is 1.00 e. The first-order valence-electron chi connectivity index (χ1n) is 7.82. The Kier molecular flexibility index (Phi) is 19.1. The zero-order valence-corrected chi connectivity index (χ0v) is 34.7. The summed E-state index contributed by atoms with van der Waals surface area (Å²) < 4.78 is 149. The van der Waals surface area contributed by atoms with Gasteiger partial charge in [-0.1, -0.05) is 0 Å². The molecule has 0 heterocycles. The molecule has 0 saturated carbocycles. The van der Waals surface area contributed by atoms with Crippen molar-refractivity contribution in [3.8, 4) is 22.6 Å². The zero-order valence-electron chi connectivity index (χ0n) is 20.3. The first-order chi connectivity index (χ1) is 15.2. The van der Waals surface area contributed by atoms with Crippen LogP contribution in [0, 0.1) is 0 Å². The van der Waals surface area contributed by atoms with Crippen LogP contribution in [0.15, 0.2) is 40.7 Å². The van der Waals surface area contributed by atoms with Crippen molar-refractivity contribution >= 4 is 72.3 Å². The monoisotopic (exact) mass is 778 g/mol. The number of methoxy groups -OCH3 is 2. The molecule has 0 spiro atoms. The van der Waals surface area contributed by atoms with Gasteiger partial charge in [-0.3, -0.25) is 0 Å². The summed E-state index contributed by atoms with van der Waals surface area (Å²) in [5.74, 6) is -2.00. The fraction of sp³-hybridized carbons (Fsp3) is 0.143. The molecule has 0 saturated heterocycles. The molecule has 0 amide bonds. The third-order valence-electron chi connectivity index (χ3n) is 4.02. The minimum absolute atomic E-state index is 0. The van der Waals surface area contributed by atoms with Crippen LogP contribution in [-0.4, -0.2) is 66.1 Å². The molecule has 0 aliphatic heterocycles. The summed E-state index contributed by atoms with van der Waals surface area (Å²) in [5.41, 5.74) is -1.79. The second-order valence-electron chi connectivity index (χ2n) is 6.01. The summed E-state index contributed by atoms with van der Waals surface area (Å²) in [6.45, 7) is 0. The Labute approximate surface area is 323 Å². The molecule has 0 aromatic heterocycles. The summed E-state index contributed by atoms with van der Waals surface area (Å²) >= 11 is 5.04. The molecule has 38 heavy (non-hydrogen) atoms. The molecule has 2 rings (SSSR count). The van der Waals surface area contributed by atoms with Gasteiger partial charge < -0.3 is 27.7 Å². The molecule has 2 aromatic carbocycles. The van der Waals surface area contributed by atoms with Gasteiger partial charge in [0.15, 0.2) is 0 Å². The van der Waals surface area contributed by atoms with Gasteiger partial charge in [-0.05, 0) is 44.0 Å². The van der Waals surface area contributed by atoms with Crippen LogP contribution in [0.5, 0.6) is 11.5 Å². The summed E-state index contributed by atoms with van der Waals surface area (Å²) in [6.07, 6.45) is 0. The minimum atomic E-state index is -5.63. The van der Waals surface area contributed by atoms with Crippen molar-refractivity contribution in [2.75, 3.05) is 14.2 Å². The summed E-state index contributed by atoms with van der Waals surface area (Å²) in [6, 6.07) is 0.794. The van der Waals surface area contributed by atoms with Crippen molar-refractivity contribution in [3.63, 3.8) is 0 Å². The van der Waals surface area contributed by atoms with Crippen molar-refractivity contribution < 1.29 is 180 Å². The van der Waals surface area contributed by atoms with Gasteiger partial charge in [-0.2, -0.15) is 0 Å². The SMILES string of the molecule is COc1c(-c2cc(S(=O)(=O)[O-])c(Br)c(S(=O)(=O)[O-])c2OC)cc(S(=O)(=O)[O-])c(Br)c1S(=O)(=O)[O-].[Na+].[Na+].[Na+].[Na+]. The van der Waals surface area contributed by atoms with E-state index in [1.807, 2.05) is 0 Å². The standard InChI is InChI=1S/C14H12Br2O14S4.4Na/c1-29-11-5(3-7(31(17,18)19)9(15)13(11)33(23,24)25)6-4-8(32(20,21)22)10(16)14(12(6)30-2)34(26,27)28;;;;/h3-4H,1-2H3,(H,17,18,19)(H,20,21,22)(H,23,24,25)(H,26,27,28);;;;/q;4*+1/p-4. The summed E-state index contributed by atoms with van der Waals surface area (Å²) in [7, 11) is -20.8. The van der Waals surface area contributed by atoms with Crippen LogP contribution in [0.2, 0.25) is 0 Å². The van der Waals surface area contributed by atoms with Gasteiger partial charge in [0.05, 0.1) is 33.0 Å². The molecular weight excluding hydrogens is 772 g/mol. The minimum Gasteiger partial charge on any atom is -0.744 e. The zero-order chi connectivity index (χ0) is 26.6. The van der Waals surface area contributed by atoms with Gasteiger partial charge >= 0.3 is 118 Å². The molecule has 0 N–H and O–H groups in total. The quantitative estimate of drug-likeness (QED) is 0.187. The van der Waals surface area contributed by atoms with Gasteiger partial charge in [0.1, 0.15) is 61.8 Å². The van der Waals surface area contributed by atoms with E-state index < -0.39 is 91.6 Å². The Morgan fingerprint density at radius 2 is 0.789 bits per heavy atom. The van der Waals surface area contributed by atoms with E-state index >= 15 is 0 Å². The van der Waals surface area contributed by atoms with Crippen LogP contribution < -0.4 is 128 Å². The fourth-order valence-electron chi connectivity index (χ4n) is 2.80. The Morgan fingerprint density at radius 3 is 0.947 bits per heavy atom. The number of hydrogen-bond acceptors (Lipinski definition) is 14. The van der Waals surface area contributed by atoms with Crippen molar-refractivity contribution in [2.24, 2.45) is 0 Å². The van der Waals surface area contributed by atoms with E-state index in [4.69, 9.17) is 9.47 Å².